The predicted molar refractivity (Wildman–Crippen MR) is 80.2 cm³/mol. The second-order valence-corrected chi connectivity index (χ2v) is 5.61. The minimum atomic E-state index is -0.762. The lowest BCUT2D eigenvalue weighted by Gasteiger charge is -2.34. The molecule has 0 amide bonds. The zero-order valence-electron chi connectivity index (χ0n) is 12.3. The second-order valence-electron chi connectivity index (χ2n) is 5.61. The van der Waals surface area contributed by atoms with Crippen LogP contribution in [0.2, 0.25) is 0 Å². The molecule has 0 bridgehead atoms. The lowest BCUT2D eigenvalue weighted by Crippen LogP contribution is -2.43. The molecule has 2 aromatic heterocycles. The molecule has 22 heavy (non-hydrogen) atoms. The Bertz CT molecular complexity index is 664. The van der Waals surface area contributed by atoms with E-state index in [9.17, 15) is 9.90 Å². The summed E-state index contributed by atoms with van der Waals surface area (Å²) in [4.78, 5) is 30.3. The molecule has 0 aliphatic carbocycles. The van der Waals surface area contributed by atoms with Gasteiger partial charge in [-0.1, -0.05) is 6.92 Å². The summed E-state index contributed by atoms with van der Waals surface area (Å²) in [5.74, 6) is -0.311. The smallest absolute Gasteiger partial charge is 0.308 e. The summed E-state index contributed by atoms with van der Waals surface area (Å²) in [5, 5.41) is 9.27. The Balaban J connectivity index is 1.87. The van der Waals surface area contributed by atoms with Crippen molar-refractivity contribution < 1.29 is 9.90 Å². The number of hydrogen-bond donors (Lipinski definition) is 1. The van der Waals surface area contributed by atoms with Gasteiger partial charge >= 0.3 is 5.97 Å². The summed E-state index contributed by atoms with van der Waals surface area (Å²) >= 11 is 0. The first-order valence-electron chi connectivity index (χ1n) is 7.20. The maximum absolute atomic E-state index is 11.3. The number of nitrogens with zero attached hydrogens (tertiary/aromatic N) is 5. The van der Waals surface area contributed by atoms with Crippen molar-refractivity contribution in [3.63, 3.8) is 0 Å². The Kier molecular flexibility index (Phi) is 3.95. The van der Waals surface area contributed by atoms with Crippen molar-refractivity contribution in [2.45, 2.75) is 13.3 Å². The van der Waals surface area contributed by atoms with Gasteiger partial charge in [0.25, 0.3) is 0 Å². The van der Waals surface area contributed by atoms with Crippen LogP contribution in [-0.2, 0) is 4.79 Å². The van der Waals surface area contributed by atoms with Gasteiger partial charge in [-0.15, -0.1) is 0 Å². The van der Waals surface area contributed by atoms with Gasteiger partial charge in [-0.2, -0.15) is 0 Å². The molecule has 2 atom stereocenters. The van der Waals surface area contributed by atoms with Crippen molar-refractivity contribution in [2.75, 3.05) is 18.0 Å². The van der Waals surface area contributed by atoms with E-state index in [0.717, 1.165) is 6.54 Å². The van der Waals surface area contributed by atoms with Crippen LogP contribution in [0.1, 0.15) is 13.3 Å². The number of rotatable bonds is 3. The zero-order valence-corrected chi connectivity index (χ0v) is 12.3. The summed E-state index contributed by atoms with van der Waals surface area (Å²) in [7, 11) is 0. The minimum absolute atomic E-state index is 0.290. The van der Waals surface area contributed by atoms with Gasteiger partial charge in [-0.25, -0.2) is 9.97 Å². The largest absolute Gasteiger partial charge is 0.481 e. The van der Waals surface area contributed by atoms with Crippen molar-refractivity contribution in [1.29, 1.82) is 0 Å². The lowest BCUT2D eigenvalue weighted by molar-refractivity contribution is -0.142. The fourth-order valence-corrected chi connectivity index (χ4v) is 2.77. The van der Waals surface area contributed by atoms with Gasteiger partial charge < -0.3 is 10.0 Å². The molecular weight excluding hydrogens is 282 g/mol. The number of anilines is 1. The molecule has 3 rings (SSSR count). The molecule has 1 saturated heterocycles. The van der Waals surface area contributed by atoms with Crippen LogP contribution in [0.15, 0.2) is 30.9 Å². The predicted octanol–water partition coefficient (Wildman–Crippen LogP) is 1.48. The third kappa shape index (κ3) is 3.03. The van der Waals surface area contributed by atoms with Crippen LogP contribution in [0.25, 0.3) is 11.4 Å². The highest BCUT2D eigenvalue weighted by atomic mass is 16.4. The lowest BCUT2D eigenvalue weighted by atomic mass is 9.91. The van der Waals surface area contributed by atoms with E-state index in [4.69, 9.17) is 0 Å². The SMILES string of the molecule is CC1CC(C(=O)O)CN(c2nccc(-c3cnccn3)n2)C1. The van der Waals surface area contributed by atoms with E-state index >= 15 is 0 Å². The Morgan fingerprint density at radius 1 is 1.23 bits per heavy atom. The van der Waals surface area contributed by atoms with Crippen molar-refractivity contribution in [2.24, 2.45) is 11.8 Å². The van der Waals surface area contributed by atoms with Gasteiger partial charge in [-0.3, -0.25) is 14.8 Å². The highest BCUT2D eigenvalue weighted by Crippen LogP contribution is 2.25. The zero-order chi connectivity index (χ0) is 15.5. The van der Waals surface area contributed by atoms with E-state index in [-0.39, 0.29) is 5.92 Å². The molecule has 0 aromatic carbocycles. The van der Waals surface area contributed by atoms with Crippen LogP contribution < -0.4 is 4.90 Å². The first-order valence-corrected chi connectivity index (χ1v) is 7.20. The van der Waals surface area contributed by atoms with Crippen molar-refractivity contribution in [3.8, 4) is 11.4 Å². The van der Waals surface area contributed by atoms with Crippen LogP contribution in [0.3, 0.4) is 0 Å². The summed E-state index contributed by atoms with van der Waals surface area (Å²) in [5.41, 5.74) is 1.36. The molecule has 1 N–H and O–H groups in total. The molecule has 0 saturated carbocycles. The fourth-order valence-electron chi connectivity index (χ4n) is 2.77. The maximum atomic E-state index is 11.3. The van der Waals surface area contributed by atoms with Crippen LogP contribution in [0, 0.1) is 11.8 Å². The number of aromatic nitrogens is 4. The molecule has 3 heterocycles. The third-order valence-corrected chi connectivity index (χ3v) is 3.76. The molecule has 2 aromatic rings. The highest BCUT2D eigenvalue weighted by molar-refractivity contribution is 5.71. The van der Waals surface area contributed by atoms with Gasteiger partial charge in [0.05, 0.1) is 17.8 Å². The number of carboxylic acid groups (broad SMARTS) is 1. The van der Waals surface area contributed by atoms with Crippen LogP contribution >= 0.6 is 0 Å². The van der Waals surface area contributed by atoms with E-state index in [1.807, 2.05) is 4.90 Å². The fraction of sp³-hybridized carbons (Fsp3) is 0.400. The van der Waals surface area contributed by atoms with E-state index in [1.54, 1.807) is 30.9 Å². The van der Waals surface area contributed by atoms with Gasteiger partial charge in [0.15, 0.2) is 0 Å². The van der Waals surface area contributed by atoms with Crippen molar-refractivity contribution in [3.05, 3.63) is 30.9 Å². The monoisotopic (exact) mass is 299 g/mol. The van der Waals surface area contributed by atoms with E-state index < -0.39 is 5.97 Å². The van der Waals surface area contributed by atoms with Crippen LogP contribution in [0.4, 0.5) is 5.95 Å². The molecule has 7 nitrogen and oxygen atoms in total. The minimum Gasteiger partial charge on any atom is -0.481 e. The summed E-state index contributed by atoms with van der Waals surface area (Å²) < 4.78 is 0. The Morgan fingerprint density at radius 2 is 2.09 bits per heavy atom. The number of carbonyl (C=O) groups is 1. The van der Waals surface area contributed by atoms with Gasteiger partial charge in [0, 0.05) is 31.7 Å². The second kappa shape index (κ2) is 6.05. The molecule has 114 valence electrons. The highest BCUT2D eigenvalue weighted by Gasteiger charge is 2.30. The molecule has 0 spiro atoms. The quantitative estimate of drug-likeness (QED) is 0.917. The first-order chi connectivity index (χ1) is 10.6. The third-order valence-electron chi connectivity index (χ3n) is 3.76. The normalized spacial score (nSPS) is 21.6. The van der Waals surface area contributed by atoms with E-state index in [2.05, 4.69) is 26.9 Å². The molecule has 0 radical (unpaired) electrons. The average Bonchev–Trinajstić information content (AvgIpc) is 2.55. The molecule has 2 unspecified atom stereocenters. The van der Waals surface area contributed by atoms with Crippen LogP contribution in [0.5, 0.6) is 0 Å². The topological polar surface area (TPSA) is 92.1 Å². The summed E-state index contributed by atoms with van der Waals surface area (Å²) in [6.45, 7) is 3.24. The number of hydrogen-bond acceptors (Lipinski definition) is 6. The number of carboxylic acids is 1. The van der Waals surface area contributed by atoms with Crippen molar-refractivity contribution in [1.82, 2.24) is 19.9 Å². The van der Waals surface area contributed by atoms with E-state index in [1.165, 1.54) is 0 Å². The molecule has 7 heteroatoms. The average molecular weight is 299 g/mol. The van der Waals surface area contributed by atoms with Gasteiger partial charge in [0.1, 0.15) is 5.69 Å². The van der Waals surface area contributed by atoms with Gasteiger partial charge in [-0.05, 0) is 18.4 Å². The Hall–Kier alpha value is -2.57. The molecular formula is C15H17N5O2. The first kappa shape index (κ1) is 14.4. The van der Waals surface area contributed by atoms with Gasteiger partial charge in [0.2, 0.25) is 5.95 Å². The summed E-state index contributed by atoms with van der Waals surface area (Å²) in [6, 6.07) is 1.77. The molecule has 1 aliphatic heterocycles. The van der Waals surface area contributed by atoms with Crippen LogP contribution in [-0.4, -0.2) is 44.1 Å². The van der Waals surface area contributed by atoms with Crippen molar-refractivity contribution >= 4 is 11.9 Å². The molecule has 1 fully saturated rings. The number of piperidine rings is 1. The number of aliphatic carboxylic acids is 1. The Labute approximate surface area is 128 Å². The molecule has 1 aliphatic rings. The summed E-state index contributed by atoms with van der Waals surface area (Å²) in [6.07, 6.45) is 7.22. The Morgan fingerprint density at radius 3 is 2.82 bits per heavy atom. The maximum Gasteiger partial charge on any atom is 0.308 e. The standard InChI is InChI=1S/C15H17N5O2/c1-10-6-11(14(21)22)9-20(8-10)15-18-3-2-12(19-15)13-7-16-4-5-17-13/h2-5,7,10-11H,6,8-9H2,1H3,(H,21,22). The van der Waals surface area contributed by atoms with E-state index in [0.29, 0.717) is 36.2 Å².